The molecule has 0 atom stereocenters. The van der Waals surface area contributed by atoms with E-state index < -0.39 is 5.97 Å². The van der Waals surface area contributed by atoms with Crippen molar-refractivity contribution in [1.29, 1.82) is 0 Å². The first kappa shape index (κ1) is 13.5. The smallest absolute Gasteiger partial charge is 0.306 e. The van der Waals surface area contributed by atoms with Crippen LogP contribution in [0.2, 0.25) is 0 Å². The number of carbonyl (C=O) groups is 1. The van der Waals surface area contributed by atoms with Crippen LogP contribution in [0.15, 0.2) is 18.2 Å². The number of hydrogen-bond donors (Lipinski definition) is 1. The minimum atomic E-state index is -0.697. The van der Waals surface area contributed by atoms with E-state index in [1.165, 1.54) is 0 Å². The summed E-state index contributed by atoms with van der Waals surface area (Å²) in [5.41, 5.74) is 1.01. The highest BCUT2D eigenvalue weighted by Gasteiger charge is 2.37. The van der Waals surface area contributed by atoms with E-state index in [2.05, 4.69) is 4.90 Å². The van der Waals surface area contributed by atoms with E-state index >= 15 is 0 Å². The van der Waals surface area contributed by atoms with Gasteiger partial charge in [0.05, 0.1) is 20.1 Å². The summed E-state index contributed by atoms with van der Waals surface area (Å²) in [5, 5.41) is 8.90. The quantitative estimate of drug-likeness (QED) is 0.882. The molecule has 0 unspecified atom stereocenters. The van der Waals surface area contributed by atoms with Gasteiger partial charge >= 0.3 is 5.97 Å². The molecule has 0 bridgehead atoms. The Balaban J connectivity index is 2.08. The summed E-state index contributed by atoms with van der Waals surface area (Å²) in [4.78, 5) is 12.9. The van der Waals surface area contributed by atoms with E-state index in [0.29, 0.717) is 24.3 Å². The van der Waals surface area contributed by atoms with Crippen molar-refractivity contribution in [3.05, 3.63) is 18.2 Å². The number of methoxy groups -OCH3 is 2. The first-order chi connectivity index (χ1) is 9.06. The lowest BCUT2D eigenvalue weighted by atomic mass is 9.79. The fourth-order valence-corrected chi connectivity index (χ4v) is 2.36. The van der Waals surface area contributed by atoms with Crippen molar-refractivity contribution in [2.45, 2.75) is 18.9 Å². The summed E-state index contributed by atoms with van der Waals surface area (Å²) in [6.45, 7) is 0. The van der Waals surface area contributed by atoms with Gasteiger partial charge in [-0.05, 0) is 25.0 Å². The van der Waals surface area contributed by atoms with Crippen LogP contribution in [-0.2, 0) is 4.79 Å². The standard InChI is InChI=1S/C14H19NO4/c1-15(11-6-9(7-11)14(16)17)10-4-5-12(18-2)13(8-10)19-3/h4-5,8-9,11H,6-7H2,1-3H3,(H,16,17). The molecule has 1 saturated carbocycles. The van der Waals surface area contributed by atoms with Crippen LogP contribution in [0.3, 0.4) is 0 Å². The molecule has 0 spiro atoms. The molecule has 19 heavy (non-hydrogen) atoms. The third kappa shape index (κ3) is 2.59. The zero-order valence-electron chi connectivity index (χ0n) is 11.4. The molecule has 0 amide bonds. The molecule has 1 aromatic carbocycles. The molecular formula is C14H19NO4. The van der Waals surface area contributed by atoms with E-state index in [1.807, 2.05) is 25.2 Å². The van der Waals surface area contributed by atoms with Crippen molar-refractivity contribution in [3.63, 3.8) is 0 Å². The summed E-state index contributed by atoms with van der Waals surface area (Å²) in [6, 6.07) is 6.00. The lowest BCUT2D eigenvalue weighted by molar-refractivity contribution is -0.145. The van der Waals surface area contributed by atoms with Crippen molar-refractivity contribution in [2.75, 3.05) is 26.2 Å². The first-order valence-corrected chi connectivity index (χ1v) is 6.24. The van der Waals surface area contributed by atoms with Gasteiger partial charge < -0.3 is 19.5 Å². The van der Waals surface area contributed by atoms with Crippen LogP contribution in [0.5, 0.6) is 11.5 Å². The Hall–Kier alpha value is -1.91. The van der Waals surface area contributed by atoms with Crippen molar-refractivity contribution >= 4 is 11.7 Å². The van der Waals surface area contributed by atoms with Gasteiger partial charge in [-0.1, -0.05) is 0 Å². The third-order valence-electron chi connectivity index (χ3n) is 3.78. The highest BCUT2D eigenvalue weighted by atomic mass is 16.5. The van der Waals surface area contributed by atoms with E-state index in [-0.39, 0.29) is 12.0 Å². The topological polar surface area (TPSA) is 59.0 Å². The Bertz CT molecular complexity index is 469. The molecule has 1 N–H and O–H groups in total. The molecular weight excluding hydrogens is 246 g/mol. The van der Waals surface area contributed by atoms with Gasteiger partial charge in [0.2, 0.25) is 0 Å². The summed E-state index contributed by atoms with van der Waals surface area (Å²) in [6.07, 6.45) is 1.39. The zero-order chi connectivity index (χ0) is 14.0. The number of ether oxygens (including phenoxy) is 2. The average Bonchev–Trinajstić information content (AvgIpc) is 2.35. The molecule has 0 aliphatic heterocycles. The van der Waals surface area contributed by atoms with Gasteiger partial charge in [-0.2, -0.15) is 0 Å². The predicted octanol–water partition coefficient (Wildman–Crippen LogP) is 2.00. The lowest BCUT2D eigenvalue weighted by Gasteiger charge is -2.40. The summed E-state index contributed by atoms with van der Waals surface area (Å²) >= 11 is 0. The van der Waals surface area contributed by atoms with Crippen LogP contribution < -0.4 is 14.4 Å². The summed E-state index contributed by atoms with van der Waals surface area (Å²) in [7, 11) is 5.18. The average molecular weight is 265 g/mol. The number of rotatable bonds is 5. The molecule has 1 aliphatic rings. The highest BCUT2D eigenvalue weighted by Crippen LogP contribution is 2.37. The molecule has 1 aromatic rings. The normalized spacial score (nSPS) is 21.4. The fourth-order valence-electron chi connectivity index (χ4n) is 2.36. The van der Waals surface area contributed by atoms with E-state index in [0.717, 1.165) is 5.69 Å². The Morgan fingerprint density at radius 2 is 1.89 bits per heavy atom. The number of carboxylic acid groups (broad SMARTS) is 1. The van der Waals surface area contributed by atoms with Crippen LogP contribution in [0, 0.1) is 5.92 Å². The van der Waals surface area contributed by atoms with Crippen molar-refractivity contribution < 1.29 is 19.4 Å². The molecule has 5 heteroatoms. The molecule has 5 nitrogen and oxygen atoms in total. The monoisotopic (exact) mass is 265 g/mol. The Kier molecular flexibility index (Phi) is 3.83. The van der Waals surface area contributed by atoms with Gasteiger partial charge in [-0.3, -0.25) is 4.79 Å². The minimum absolute atomic E-state index is 0.201. The Labute approximate surface area is 112 Å². The number of anilines is 1. The van der Waals surface area contributed by atoms with E-state index in [1.54, 1.807) is 14.2 Å². The van der Waals surface area contributed by atoms with Crippen molar-refractivity contribution in [3.8, 4) is 11.5 Å². The van der Waals surface area contributed by atoms with Gasteiger partial charge in [-0.25, -0.2) is 0 Å². The second-order valence-electron chi connectivity index (χ2n) is 4.81. The Morgan fingerprint density at radius 1 is 1.26 bits per heavy atom. The lowest BCUT2D eigenvalue weighted by Crippen LogP contribution is -2.45. The summed E-state index contributed by atoms with van der Waals surface area (Å²) in [5.74, 6) is 0.474. The third-order valence-corrected chi connectivity index (χ3v) is 3.78. The molecule has 0 aromatic heterocycles. The van der Waals surface area contributed by atoms with Gasteiger partial charge in [0.1, 0.15) is 0 Å². The van der Waals surface area contributed by atoms with Crippen LogP contribution in [0.25, 0.3) is 0 Å². The number of hydrogen-bond acceptors (Lipinski definition) is 4. The van der Waals surface area contributed by atoms with Crippen LogP contribution >= 0.6 is 0 Å². The number of nitrogens with zero attached hydrogens (tertiary/aromatic N) is 1. The maximum atomic E-state index is 10.8. The summed E-state index contributed by atoms with van der Waals surface area (Å²) < 4.78 is 10.5. The maximum Gasteiger partial charge on any atom is 0.306 e. The van der Waals surface area contributed by atoms with Crippen molar-refractivity contribution in [1.82, 2.24) is 0 Å². The first-order valence-electron chi connectivity index (χ1n) is 6.24. The second-order valence-corrected chi connectivity index (χ2v) is 4.81. The minimum Gasteiger partial charge on any atom is -0.493 e. The fraction of sp³-hybridized carbons (Fsp3) is 0.500. The number of benzene rings is 1. The Morgan fingerprint density at radius 3 is 2.42 bits per heavy atom. The highest BCUT2D eigenvalue weighted by molar-refractivity contribution is 5.72. The van der Waals surface area contributed by atoms with Gasteiger partial charge in [0.15, 0.2) is 11.5 Å². The molecule has 0 radical (unpaired) electrons. The molecule has 1 aliphatic carbocycles. The molecule has 0 saturated heterocycles. The van der Waals surface area contributed by atoms with Gasteiger partial charge in [0.25, 0.3) is 0 Å². The van der Waals surface area contributed by atoms with E-state index in [4.69, 9.17) is 14.6 Å². The zero-order valence-corrected chi connectivity index (χ0v) is 11.4. The largest absolute Gasteiger partial charge is 0.493 e. The molecule has 104 valence electrons. The SMILES string of the molecule is COc1ccc(N(C)C2CC(C(=O)O)C2)cc1OC. The molecule has 2 rings (SSSR count). The number of aliphatic carboxylic acids is 1. The van der Waals surface area contributed by atoms with Gasteiger partial charge in [0, 0.05) is 24.8 Å². The molecule has 1 fully saturated rings. The van der Waals surface area contributed by atoms with Crippen LogP contribution in [0.1, 0.15) is 12.8 Å². The molecule has 0 heterocycles. The predicted molar refractivity (Wildman–Crippen MR) is 72.1 cm³/mol. The van der Waals surface area contributed by atoms with E-state index in [9.17, 15) is 4.79 Å². The van der Waals surface area contributed by atoms with Crippen LogP contribution in [-0.4, -0.2) is 38.4 Å². The second kappa shape index (κ2) is 5.38. The van der Waals surface area contributed by atoms with Gasteiger partial charge in [-0.15, -0.1) is 0 Å². The maximum absolute atomic E-state index is 10.8. The number of carboxylic acids is 1. The van der Waals surface area contributed by atoms with Crippen LogP contribution in [0.4, 0.5) is 5.69 Å². The van der Waals surface area contributed by atoms with Crippen molar-refractivity contribution in [2.24, 2.45) is 5.92 Å².